The molecule has 0 unspecified atom stereocenters. The Bertz CT molecular complexity index is 475. The number of nitro groups is 1. The van der Waals surface area contributed by atoms with E-state index < -0.39 is 4.92 Å². The number of nitriles is 1. The maximum absolute atomic E-state index is 10.7. The van der Waals surface area contributed by atoms with Gasteiger partial charge < -0.3 is 5.32 Å². The maximum atomic E-state index is 10.7. The number of nitrogens with zero attached hydrogens (tertiary/aromatic N) is 2. The summed E-state index contributed by atoms with van der Waals surface area (Å²) in [5, 5.41) is 22.5. The van der Waals surface area contributed by atoms with E-state index in [1.165, 1.54) is 12.1 Å². The fourth-order valence-electron chi connectivity index (χ4n) is 1.35. The van der Waals surface area contributed by atoms with Gasteiger partial charge in [0.1, 0.15) is 11.6 Å². The third-order valence-corrected chi connectivity index (χ3v) is 2.21. The molecule has 1 N–H and O–H groups in total. The normalized spacial score (nSPS) is 10.4. The van der Waals surface area contributed by atoms with Crippen LogP contribution >= 0.6 is 0 Å². The van der Waals surface area contributed by atoms with Gasteiger partial charge in [-0.1, -0.05) is 18.2 Å². The number of benzene rings is 1. The molecule has 5 heteroatoms. The van der Waals surface area contributed by atoms with Gasteiger partial charge in [0.15, 0.2) is 0 Å². The van der Waals surface area contributed by atoms with Crippen molar-refractivity contribution in [3.05, 3.63) is 45.5 Å². The summed E-state index contributed by atoms with van der Waals surface area (Å²) in [6.45, 7) is 0.856. The molecule has 88 valence electrons. The van der Waals surface area contributed by atoms with E-state index in [4.69, 9.17) is 5.26 Å². The zero-order valence-electron chi connectivity index (χ0n) is 9.51. The van der Waals surface area contributed by atoms with Gasteiger partial charge in [0.05, 0.1) is 4.92 Å². The molecule has 0 saturated heterocycles. The molecule has 1 aromatic rings. The van der Waals surface area contributed by atoms with Gasteiger partial charge in [-0.15, -0.1) is 0 Å². The summed E-state index contributed by atoms with van der Waals surface area (Å²) in [7, 11) is 1.86. The molecule has 0 atom stereocenters. The summed E-state index contributed by atoms with van der Waals surface area (Å²) in [5.74, 6) is 0. The first kappa shape index (κ1) is 12.9. The fraction of sp³-hybridized carbons (Fsp3) is 0.250. The van der Waals surface area contributed by atoms with E-state index in [9.17, 15) is 10.1 Å². The largest absolute Gasteiger partial charge is 0.319 e. The lowest BCUT2D eigenvalue weighted by molar-refractivity contribution is -0.385. The van der Waals surface area contributed by atoms with Crippen LogP contribution < -0.4 is 5.32 Å². The summed E-state index contributed by atoms with van der Waals surface area (Å²) < 4.78 is 0. The van der Waals surface area contributed by atoms with E-state index >= 15 is 0 Å². The van der Waals surface area contributed by atoms with Gasteiger partial charge >= 0.3 is 0 Å². The molecule has 0 saturated carbocycles. The minimum atomic E-state index is -0.538. The SMILES string of the molecule is CNCCC=Cc1ccc(C#N)c([N+](=O)[O-])c1. The molecule has 0 heterocycles. The van der Waals surface area contributed by atoms with Crippen molar-refractivity contribution in [2.75, 3.05) is 13.6 Å². The van der Waals surface area contributed by atoms with Crippen LogP contribution in [0.1, 0.15) is 17.5 Å². The van der Waals surface area contributed by atoms with E-state index in [1.54, 1.807) is 12.1 Å². The smallest absolute Gasteiger partial charge is 0.287 e. The molecule has 0 aromatic heterocycles. The Morgan fingerprint density at radius 2 is 2.35 bits per heavy atom. The van der Waals surface area contributed by atoms with Crippen LogP contribution in [0.15, 0.2) is 24.3 Å². The minimum Gasteiger partial charge on any atom is -0.319 e. The van der Waals surface area contributed by atoms with Gasteiger partial charge in [-0.2, -0.15) is 5.26 Å². The Morgan fingerprint density at radius 1 is 1.59 bits per heavy atom. The van der Waals surface area contributed by atoms with Crippen molar-refractivity contribution in [3.8, 4) is 6.07 Å². The van der Waals surface area contributed by atoms with Crippen LogP contribution in [-0.2, 0) is 0 Å². The molecule has 0 bridgehead atoms. The third-order valence-electron chi connectivity index (χ3n) is 2.21. The second-order valence-corrected chi connectivity index (χ2v) is 3.44. The van der Waals surface area contributed by atoms with Crippen molar-refractivity contribution >= 4 is 11.8 Å². The zero-order valence-corrected chi connectivity index (χ0v) is 9.51. The van der Waals surface area contributed by atoms with Crippen molar-refractivity contribution in [3.63, 3.8) is 0 Å². The molecule has 17 heavy (non-hydrogen) atoms. The highest BCUT2D eigenvalue weighted by molar-refractivity contribution is 5.59. The topological polar surface area (TPSA) is 79.0 Å². The highest BCUT2D eigenvalue weighted by Gasteiger charge is 2.12. The molecule has 0 fully saturated rings. The molecule has 1 rings (SSSR count). The fourth-order valence-corrected chi connectivity index (χ4v) is 1.35. The zero-order chi connectivity index (χ0) is 12.7. The summed E-state index contributed by atoms with van der Waals surface area (Å²) >= 11 is 0. The van der Waals surface area contributed by atoms with Gasteiger partial charge in [-0.3, -0.25) is 10.1 Å². The highest BCUT2D eigenvalue weighted by atomic mass is 16.6. The van der Waals surface area contributed by atoms with E-state index in [2.05, 4.69) is 5.32 Å². The standard InChI is InChI=1S/C12H13N3O2/c1-14-7-3-2-4-10-5-6-11(9-13)12(8-10)15(16)17/h2,4-6,8,14H,3,7H2,1H3. The van der Waals surface area contributed by atoms with Gasteiger partial charge in [0.2, 0.25) is 0 Å². The first-order valence-corrected chi connectivity index (χ1v) is 5.18. The lowest BCUT2D eigenvalue weighted by Gasteiger charge is -1.97. The molecule has 0 spiro atoms. The third kappa shape index (κ3) is 3.70. The Morgan fingerprint density at radius 3 is 2.94 bits per heavy atom. The van der Waals surface area contributed by atoms with Gasteiger partial charge in [0, 0.05) is 6.07 Å². The van der Waals surface area contributed by atoms with Gasteiger partial charge in [-0.05, 0) is 31.6 Å². The van der Waals surface area contributed by atoms with E-state index in [0.717, 1.165) is 18.5 Å². The Labute approximate surface area is 99.5 Å². The Hall–Kier alpha value is -2.19. The van der Waals surface area contributed by atoms with Crippen molar-refractivity contribution in [1.82, 2.24) is 5.32 Å². The lowest BCUT2D eigenvalue weighted by Crippen LogP contribution is -2.05. The molecule has 0 amide bonds. The summed E-state index contributed by atoms with van der Waals surface area (Å²) in [5.41, 5.74) is 0.664. The van der Waals surface area contributed by atoms with E-state index in [0.29, 0.717) is 0 Å². The molecular formula is C12H13N3O2. The van der Waals surface area contributed by atoms with E-state index in [-0.39, 0.29) is 11.3 Å². The molecule has 0 aliphatic carbocycles. The number of nitro benzene ring substituents is 1. The molecule has 0 aliphatic rings. The molecule has 0 aliphatic heterocycles. The molecule has 1 aromatic carbocycles. The predicted octanol–water partition coefficient (Wildman–Crippen LogP) is 2.09. The number of nitrogens with one attached hydrogen (secondary N) is 1. The monoisotopic (exact) mass is 231 g/mol. The average Bonchev–Trinajstić information content (AvgIpc) is 2.34. The maximum Gasteiger partial charge on any atom is 0.287 e. The van der Waals surface area contributed by atoms with Crippen molar-refractivity contribution in [1.29, 1.82) is 5.26 Å². The number of hydrogen-bond acceptors (Lipinski definition) is 4. The number of hydrogen-bond donors (Lipinski definition) is 1. The van der Waals surface area contributed by atoms with E-state index in [1.807, 2.05) is 19.2 Å². The minimum absolute atomic E-state index is 0.0855. The average molecular weight is 231 g/mol. The van der Waals surface area contributed by atoms with Gasteiger partial charge in [0.25, 0.3) is 5.69 Å². The first-order valence-electron chi connectivity index (χ1n) is 5.18. The quantitative estimate of drug-likeness (QED) is 0.478. The van der Waals surface area contributed by atoms with Crippen molar-refractivity contribution in [2.24, 2.45) is 0 Å². The first-order chi connectivity index (χ1) is 8.19. The van der Waals surface area contributed by atoms with Crippen LogP contribution in [0.4, 0.5) is 5.69 Å². The molecular weight excluding hydrogens is 218 g/mol. The Balaban J connectivity index is 2.90. The lowest BCUT2D eigenvalue weighted by atomic mass is 10.1. The van der Waals surface area contributed by atoms with Crippen LogP contribution in [0.2, 0.25) is 0 Å². The summed E-state index contributed by atoms with van der Waals surface area (Å²) in [6, 6.07) is 6.38. The van der Waals surface area contributed by atoms with Crippen LogP contribution in [0.5, 0.6) is 0 Å². The summed E-state index contributed by atoms with van der Waals surface area (Å²) in [4.78, 5) is 10.2. The van der Waals surface area contributed by atoms with Crippen molar-refractivity contribution < 1.29 is 4.92 Å². The predicted molar refractivity (Wildman–Crippen MR) is 65.4 cm³/mol. The van der Waals surface area contributed by atoms with Gasteiger partial charge in [-0.25, -0.2) is 0 Å². The second kappa shape index (κ2) is 6.40. The van der Waals surface area contributed by atoms with Crippen LogP contribution in [0.25, 0.3) is 6.08 Å². The Kier molecular flexibility index (Phi) is 4.85. The highest BCUT2D eigenvalue weighted by Crippen LogP contribution is 2.20. The molecule has 0 radical (unpaired) electrons. The second-order valence-electron chi connectivity index (χ2n) is 3.44. The summed E-state index contributed by atoms with van der Waals surface area (Å²) in [6.07, 6.45) is 4.59. The number of rotatable bonds is 5. The van der Waals surface area contributed by atoms with Crippen LogP contribution in [0, 0.1) is 21.4 Å². The molecule has 5 nitrogen and oxygen atoms in total. The van der Waals surface area contributed by atoms with Crippen molar-refractivity contribution in [2.45, 2.75) is 6.42 Å². The van der Waals surface area contributed by atoms with Crippen LogP contribution in [0.3, 0.4) is 0 Å². The van der Waals surface area contributed by atoms with Crippen LogP contribution in [-0.4, -0.2) is 18.5 Å².